The van der Waals surface area contributed by atoms with Crippen LogP contribution in [0, 0.1) is 6.92 Å². The normalized spacial score (nSPS) is 11.1. The third-order valence-corrected chi connectivity index (χ3v) is 5.57. The molecule has 0 radical (unpaired) electrons. The van der Waals surface area contributed by atoms with E-state index < -0.39 is 0 Å². The van der Waals surface area contributed by atoms with Gasteiger partial charge < -0.3 is 9.88 Å². The van der Waals surface area contributed by atoms with Crippen molar-refractivity contribution in [1.29, 1.82) is 0 Å². The largest absolute Gasteiger partial charge is 0.350 e. The van der Waals surface area contributed by atoms with Crippen molar-refractivity contribution in [2.75, 3.05) is 0 Å². The van der Waals surface area contributed by atoms with Crippen molar-refractivity contribution in [1.82, 2.24) is 24.5 Å². The zero-order chi connectivity index (χ0) is 22.5. The number of nitrogens with zero attached hydrogens (tertiary/aromatic N) is 4. The molecule has 0 aliphatic rings. The molecule has 0 saturated heterocycles. The van der Waals surface area contributed by atoms with Crippen molar-refractivity contribution in [3.63, 3.8) is 0 Å². The standard InChI is InChI=1S/C25H27N5O2/c1-3-4-15-21-18(2)29(17-22(31)26-16-19-11-7-5-8-12-19)25-27-23(28-30(25)24(21)32)20-13-9-6-10-14-20/h5-14H,3-4,15-17H2,1-2H3,(H,26,31). The number of amides is 1. The minimum atomic E-state index is -0.165. The van der Waals surface area contributed by atoms with E-state index in [2.05, 4.69) is 22.3 Å². The molecule has 0 bridgehead atoms. The Hall–Kier alpha value is -3.74. The lowest BCUT2D eigenvalue weighted by Gasteiger charge is -2.15. The van der Waals surface area contributed by atoms with Crippen LogP contribution >= 0.6 is 0 Å². The van der Waals surface area contributed by atoms with Gasteiger partial charge in [-0.25, -0.2) is 0 Å². The first-order valence-corrected chi connectivity index (χ1v) is 10.9. The van der Waals surface area contributed by atoms with E-state index in [9.17, 15) is 9.59 Å². The minimum absolute atomic E-state index is 0.0640. The Morgan fingerprint density at radius 2 is 1.72 bits per heavy atom. The van der Waals surface area contributed by atoms with Gasteiger partial charge in [0.2, 0.25) is 11.7 Å². The molecule has 2 aromatic heterocycles. The summed E-state index contributed by atoms with van der Waals surface area (Å²) in [6.07, 6.45) is 2.51. The number of carbonyl (C=O) groups excluding carboxylic acids is 1. The minimum Gasteiger partial charge on any atom is -0.350 e. The van der Waals surface area contributed by atoms with E-state index in [1.807, 2.05) is 67.6 Å². The molecule has 4 rings (SSSR count). The van der Waals surface area contributed by atoms with Gasteiger partial charge in [-0.2, -0.15) is 9.50 Å². The van der Waals surface area contributed by atoms with Crippen LogP contribution in [0.2, 0.25) is 0 Å². The summed E-state index contributed by atoms with van der Waals surface area (Å²) in [6, 6.07) is 19.3. The summed E-state index contributed by atoms with van der Waals surface area (Å²) in [5, 5.41) is 7.45. The predicted octanol–water partition coefficient (Wildman–Crippen LogP) is 3.53. The van der Waals surface area contributed by atoms with Crippen LogP contribution in [0.25, 0.3) is 17.2 Å². The second kappa shape index (κ2) is 9.60. The molecule has 0 unspecified atom stereocenters. The third-order valence-electron chi connectivity index (χ3n) is 5.57. The van der Waals surface area contributed by atoms with Crippen molar-refractivity contribution in [2.24, 2.45) is 0 Å². The van der Waals surface area contributed by atoms with Gasteiger partial charge in [-0.15, -0.1) is 5.10 Å². The maximum atomic E-state index is 13.2. The van der Waals surface area contributed by atoms with Gasteiger partial charge >= 0.3 is 0 Å². The van der Waals surface area contributed by atoms with Gasteiger partial charge in [-0.1, -0.05) is 74.0 Å². The molecular weight excluding hydrogens is 402 g/mol. The molecule has 7 nitrogen and oxygen atoms in total. The summed E-state index contributed by atoms with van der Waals surface area (Å²) >= 11 is 0. The summed E-state index contributed by atoms with van der Waals surface area (Å²) in [4.78, 5) is 30.6. The van der Waals surface area contributed by atoms with Crippen molar-refractivity contribution in [3.8, 4) is 11.4 Å². The molecule has 32 heavy (non-hydrogen) atoms. The van der Waals surface area contributed by atoms with E-state index in [1.165, 1.54) is 4.52 Å². The lowest BCUT2D eigenvalue weighted by Crippen LogP contribution is -2.32. The number of benzene rings is 2. The molecule has 2 aromatic carbocycles. The van der Waals surface area contributed by atoms with Crippen LogP contribution < -0.4 is 10.9 Å². The Bertz CT molecular complexity index is 1280. The number of hydrogen-bond donors (Lipinski definition) is 1. The molecule has 0 aliphatic carbocycles. The first kappa shape index (κ1) is 21.5. The Morgan fingerprint density at radius 3 is 2.41 bits per heavy atom. The van der Waals surface area contributed by atoms with Crippen LogP contribution in [-0.4, -0.2) is 25.1 Å². The van der Waals surface area contributed by atoms with Crippen molar-refractivity contribution in [3.05, 3.63) is 87.8 Å². The maximum absolute atomic E-state index is 13.2. The average Bonchev–Trinajstić information content (AvgIpc) is 3.27. The molecule has 164 valence electrons. The number of aromatic nitrogens is 4. The summed E-state index contributed by atoms with van der Waals surface area (Å²) < 4.78 is 3.14. The highest BCUT2D eigenvalue weighted by Gasteiger charge is 2.19. The van der Waals surface area contributed by atoms with Gasteiger partial charge in [-0.3, -0.25) is 9.59 Å². The molecule has 4 aromatic rings. The highest BCUT2D eigenvalue weighted by atomic mass is 16.2. The first-order valence-electron chi connectivity index (χ1n) is 10.9. The molecule has 0 aliphatic heterocycles. The lowest BCUT2D eigenvalue weighted by atomic mass is 10.1. The number of fused-ring (bicyclic) bond motifs is 1. The van der Waals surface area contributed by atoms with Gasteiger partial charge in [0.15, 0.2) is 5.82 Å². The van der Waals surface area contributed by atoms with Crippen molar-refractivity contribution in [2.45, 2.75) is 46.2 Å². The summed E-state index contributed by atoms with van der Waals surface area (Å²) in [6.45, 7) is 4.48. The second-order valence-corrected chi connectivity index (χ2v) is 7.83. The molecule has 1 amide bonds. The molecule has 0 saturated carbocycles. The molecule has 2 heterocycles. The Kier molecular flexibility index (Phi) is 6.44. The topological polar surface area (TPSA) is 81.3 Å². The number of carbonyl (C=O) groups is 1. The number of hydrogen-bond acceptors (Lipinski definition) is 4. The first-order chi connectivity index (χ1) is 15.6. The highest BCUT2D eigenvalue weighted by Crippen LogP contribution is 2.17. The van der Waals surface area contributed by atoms with Crippen LogP contribution in [0.3, 0.4) is 0 Å². The van der Waals surface area contributed by atoms with Crippen LogP contribution in [0.5, 0.6) is 0 Å². The van der Waals surface area contributed by atoms with Crippen molar-refractivity contribution >= 4 is 11.7 Å². The number of rotatable bonds is 8. The van der Waals surface area contributed by atoms with E-state index >= 15 is 0 Å². The quantitative estimate of drug-likeness (QED) is 0.465. The fraction of sp³-hybridized carbons (Fsp3) is 0.280. The average molecular weight is 430 g/mol. The van der Waals surface area contributed by atoms with E-state index in [1.54, 1.807) is 4.57 Å². The monoisotopic (exact) mass is 429 g/mol. The SMILES string of the molecule is CCCCc1c(C)n(CC(=O)NCc2ccccc2)c2nc(-c3ccccc3)nn2c1=O. The molecule has 0 atom stereocenters. The van der Waals surface area contributed by atoms with Gasteiger partial charge in [0.25, 0.3) is 5.56 Å². The zero-order valence-corrected chi connectivity index (χ0v) is 18.4. The van der Waals surface area contributed by atoms with Gasteiger partial charge in [0.1, 0.15) is 6.54 Å². The molecule has 0 spiro atoms. The predicted molar refractivity (Wildman–Crippen MR) is 124 cm³/mol. The van der Waals surface area contributed by atoms with E-state index in [0.29, 0.717) is 30.1 Å². The smallest absolute Gasteiger partial charge is 0.279 e. The molecule has 0 fully saturated rings. The number of unbranched alkanes of at least 4 members (excludes halogenated alkanes) is 1. The third kappa shape index (κ3) is 4.46. The van der Waals surface area contributed by atoms with Gasteiger partial charge in [-0.05, 0) is 25.3 Å². The summed E-state index contributed by atoms with van der Waals surface area (Å²) in [5.41, 5.74) is 3.13. The highest BCUT2D eigenvalue weighted by molar-refractivity contribution is 5.76. The summed E-state index contributed by atoms with van der Waals surface area (Å²) in [7, 11) is 0. The van der Waals surface area contributed by atoms with E-state index in [4.69, 9.17) is 0 Å². The fourth-order valence-corrected chi connectivity index (χ4v) is 3.75. The second-order valence-electron chi connectivity index (χ2n) is 7.83. The van der Waals surface area contributed by atoms with Crippen LogP contribution in [0.4, 0.5) is 0 Å². The van der Waals surface area contributed by atoms with Gasteiger partial charge in [0.05, 0.1) is 0 Å². The van der Waals surface area contributed by atoms with Crippen LogP contribution in [0.15, 0.2) is 65.5 Å². The van der Waals surface area contributed by atoms with E-state index in [0.717, 1.165) is 29.7 Å². The molecule has 1 N–H and O–H groups in total. The Balaban J connectivity index is 1.72. The Labute approximate surface area is 186 Å². The van der Waals surface area contributed by atoms with E-state index in [-0.39, 0.29) is 18.0 Å². The van der Waals surface area contributed by atoms with Gasteiger partial charge in [0, 0.05) is 23.4 Å². The lowest BCUT2D eigenvalue weighted by molar-refractivity contribution is -0.121. The fourth-order valence-electron chi connectivity index (χ4n) is 3.75. The number of nitrogens with one attached hydrogen (secondary N) is 1. The van der Waals surface area contributed by atoms with Crippen LogP contribution in [0.1, 0.15) is 36.6 Å². The maximum Gasteiger partial charge on any atom is 0.279 e. The zero-order valence-electron chi connectivity index (χ0n) is 18.4. The molecular formula is C25H27N5O2. The Morgan fingerprint density at radius 1 is 1.03 bits per heavy atom. The van der Waals surface area contributed by atoms with Crippen LogP contribution in [-0.2, 0) is 24.3 Å². The molecule has 7 heteroatoms. The summed E-state index contributed by atoms with van der Waals surface area (Å²) in [5.74, 6) is 0.697. The van der Waals surface area contributed by atoms with Crippen molar-refractivity contribution < 1.29 is 4.79 Å².